The molecule has 0 aliphatic heterocycles. The van der Waals surface area contributed by atoms with Gasteiger partial charge in [-0.3, -0.25) is 4.79 Å². The standard InChI is InChI=1S/C11H11N3O/c12-11(3-4-11)10(15)7-1-2-8-9(5-7)14-6-13-8/h1-2,5-6H,3-4,12H2,(H,13,14). The van der Waals surface area contributed by atoms with E-state index in [1.165, 1.54) is 0 Å². The van der Waals surface area contributed by atoms with Gasteiger partial charge >= 0.3 is 0 Å². The summed E-state index contributed by atoms with van der Waals surface area (Å²) in [5.74, 6) is 0.0407. The topological polar surface area (TPSA) is 71.8 Å². The Balaban J connectivity index is 2.07. The Morgan fingerprint density at radius 3 is 3.00 bits per heavy atom. The van der Waals surface area contributed by atoms with Crippen LogP contribution in [0.4, 0.5) is 0 Å². The molecule has 3 N–H and O–H groups in total. The van der Waals surface area contributed by atoms with Gasteiger partial charge in [-0.2, -0.15) is 0 Å². The third-order valence-electron chi connectivity index (χ3n) is 2.92. The minimum atomic E-state index is -0.590. The van der Waals surface area contributed by atoms with Gasteiger partial charge < -0.3 is 10.7 Å². The summed E-state index contributed by atoms with van der Waals surface area (Å²) < 4.78 is 0. The normalized spacial score (nSPS) is 17.9. The molecule has 1 aromatic heterocycles. The summed E-state index contributed by atoms with van der Waals surface area (Å²) in [6, 6.07) is 5.45. The fraction of sp³-hybridized carbons (Fsp3) is 0.273. The zero-order valence-electron chi connectivity index (χ0n) is 8.16. The van der Waals surface area contributed by atoms with Gasteiger partial charge in [-0.15, -0.1) is 0 Å². The molecule has 4 nitrogen and oxygen atoms in total. The molecule has 0 radical (unpaired) electrons. The summed E-state index contributed by atoms with van der Waals surface area (Å²) in [6.45, 7) is 0. The van der Waals surface area contributed by atoms with E-state index in [-0.39, 0.29) is 5.78 Å². The zero-order chi connectivity index (χ0) is 10.5. The molecule has 2 aromatic rings. The lowest BCUT2D eigenvalue weighted by molar-refractivity contribution is 0.0949. The number of hydrogen-bond acceptors (Lipinski definition) is 3. The van der Waals surface area contributed by atoms with Gasteiger partial charge in [0.2, 0.25) is 0 Å². The van der Waals surface area contributed by atoms with E-state index >= 15 is 0 Å². The molecule has 1 saturated carbocycles. The number of aromatic amines is 1. The number of imidazole rings is 1. The zero-order valence-corrected chi connectivity index (χ0v) is 8.16. The van der Waals surface area contributed by atoms with Crippen LogP contribution >= 0.6 is 0 Å². The lowest BCUT2D eigenvalue weighted by atomic mass is 10.0. The highest BCUT2D eigenvalue weighted by Crippen LogP contribution is 2.35. The van der Waals surface area contributed by atoms with Crippen LogP contribution < -0.4 is 5.73 Å². The van der Waals surface area contributed by atoms with Crippen LogP contribution in [0.3, 0.4) is 0 Å². The van der Waals surface area contributed by atoms with E-state index in [0.717, 1.165) is 23.9 Å². The summed E-state index contributed by atoms with van der Waals surface area (Å²) >= 11 is 0. The van der Waals surface area contributed by atoms with E-state index in [1.54, 1.807) is 12.4 Å². The summed E-state index contributed by atoms with van der Waals surface area (Å²) in [5.41, 5.74) is 7.70. The Bertz CT molecular complexity index is 540. The minimum absolute atomic E-state index is 0.0407. The Morgan fingerprint density at radius 2 is 2.27 bits per heavy atom. The third kappa shape index (κ3) is 1.26. The predicted molar refractivity (Wildman–Crippen MR) is 56.6 cm³/mol. The molecule has 0 bridgehead atoms. The van der Waals surface area contributed by atoms with Gasteiger partial charge in [-0.25, -0.2) is 4.98 Å². The van der Waals surface area contributed by atoms with Gasteiger partial charge in [0.05, 0.1) is 22.9 Å². The molecule has 15 heavy (non-hydrogen) atoms. The van der Waals surface area contributed by atoms with Crippen LogP contribution in [0, 0.1) is 0 Å². The second-order valence-electron chi connectivity index (χ2n) is 4.12. The number of rotatable bonds is 2. The molecule has 0 saturated heterocycles. The number of aromatic nitrogens is 2. The smallest absolute Gasteiger partial charge is 0.182 e. The Hall–Kier alpha value is -1.68. The maximum atomic E-state index is 11.9. The van der Waals surface area contributed by atoms with E-state index in [9.17, 15) is 4.79 Å². The van der Waals surface area contributed by atoms with E-state index in [0.29, 0.717) is 5.56 Å². The summed E-state index contributed by atoms with van der Waals surface area (Å²) in [6.07, 6.45) is 3.22. The van der Waals surface area contributed by atoms with E-state index in [2.05, 4.69) is 9.97 Å². The molecule has 1 aliphatic rings. The second kappa shape index (κ2) is 2.67. The van der Waals surface area contributed by atoms with Crippen molar-refractivity contribution in [3.63, 3.8) is 0 Å². The molecular formula is C11H11N3O. The molecule has 3 rings (SSSR count). The molecule has 0 amide bonds. The molecule has 76 valence electrons. The number of hydrogen-bond donors (Lipinski definition) is 2. The summed E-state index contributed by atoms with van der Waals surface area (Å²) in [7, 11) is 0. The Morgan fingerprint density at radius 1 is 1.47 bits per heavy atom. The number of fused-ring (bicyclic) bond motifs is 1. The fourth-order valence-corrected chi connectivity index (χ4v) is 1.73. The number of nitrogens with two attached hydrogens (primary N) is 1. The molecular weight excluding hydrogens is 190 g/mol. The van der Waals surface area contributed by atoms with Crippen LogP contribution in [0.25, 0.3) is 11.0 Å². The van der Waals surface area contributed by atoms with Crippen molar-refractivity contribution in [1.29, 1.82) is 0 Å². The van der Waals surface area contributed by atoms with Crippen LogP contribution in [0.1, 0.15) is 23.2 Å². The lowest BCUT2D eigenvalue weighted by Crippen LogP contribution is -2.32. The van der Waals surface area contributed by atoms with Crippen molar-refractivity contribution in [1.82, 2.24) is 9.97 Å². The van der Waals surface area contributed by atoms with E-state index in [1.807, 2.05) is 12.1 Å². The highest BCUT2D eigenvalue weighted by atomic mass is 16.1. The summed E-state index contributed by atoms with van der Waals surface area (Å²) in [4.78, 5) is 19.0. The lowest BCUT2D eigenvalue weighted by Gasteiger charge is -2.06. The first-order valence-electron chi connectivity index (χ1n) is 4.96. The van der Waals surface area contributed by atoms with Gasteiger partial charge in [0.15, 0.2) is 5.78 Å². The molecule has 1 heterocycles. The number of H-pyrrole nitrogens is 1. The average molecular weight is 201 g/mol. The molecule has 1 aliphatic carbocycles. The minimum Gasteiger partial charge on any atom is -0.345 e. The van der Waals surface area contributed by atoms with Crippen LogP contribution in [-0.2, 0) is 0 Å². The van der Waals surface area contributed by atoms with Crippen LogP contribution in [0.5, 0.6) is 0 Å². The van der Waals surface area contributed by atoms with Gasteiger partial charge in [-0.1, -0.05) is 0 Å². The molecule has 4 heteroatoms. The Kier molecular flexibility index (Phi) is 1.53. The number of nitrogens with zero attached hydrogens (tertiary/aromatic N) is 1. The molecule has 0 spiro atoms. The SMILES string of the molecule is NC1(C(=O)c2ccc3nc[nH]c3c2)CC1. The first kappa shape index (κ1) is 8.61. The molecule has 0 atom stereocenters. The van der Waals surface area contributed by atoms with Crippen molar-refractivity contribution in [2.75, 3.05) is 0 Å². The summed E-state index contributed by atoms with van der Waals surface area (Å²) in [5, 5.41) is 0. The van der Waals surface area contributed by atoms with E-state index < -0.39 is 5.54 Å². The highest BCUT2D eigenvalue weighted by molar-refractivity contribution is 6.06. The predicted octanol–water partition coefficient (Wildman–Crippen LogP) is 1.24. The van der Waals surface area contributed by atoms with Crippen LogP contribution in [0.2, 0.25) is 0 Å². The number of nitrogens with one attached hydrogen (secondary N) is 1. The van der Waals surface area contributed by atoms with E-state index in [4.69, 9.17) is 5.73 Å². The fourth-order valence-electron chi connectivity index (χ4n) is 1.73. The number of Topliss-reactive ketones (excluding diaryl/α,β-unsaturated/α-hetero) is 1. The highest BCUT2D eigenvalue weighted by Gasteiger charge is 2.45. The number of carbonyl (C=O) groups excluding carboxylic acids is 1. The monoisotopic (exact) mass is 201 g/mol. The van der Waals surface area contributed by atoms with Crippen molar-refractivity contribution in [3.05, 3.63) is 30.1 Å². The van der Waals surface area contributed by atoms with Crippen molar-refractivity contribution in [2.45, 2.75) is 18.4 Å². The quantitative estimate of drug-likeness (QED) is 0.718. The van der Waals surface area contributed by atoms with Gasteiger partial charge in [0.25, 0.3) is 0 Å². The number of ketones is 1. The first-order valence-corrected chi connectivity index (χ1v) is 4.96. The van der Waals surface area contributed by atoms with Crippen molar-refractivity contribution in [3.8, 4) is 0 Å². The van der Waals surface area contributed by atoms with Crippen molar-refractivity contribution >= 4 is 16.8 Å². The second-order valence-corrected chi connectivity index (χ2v) is 4.12. The van der Waals surface area contributed by atoms with Gasteiger partial charge in [0.1, 0.15) is 0 Å². The maximum absolute atomic E-state index is 11.9. The van der Waals surface area contributed by atoms with Crippen molar-refractivity contribution in [2.24, 2.45) is 5.73 Å². The van der Waals surface area contributed by atoms with Gasteiger partial charge in [0, 0.05) is 5.56 Å². The van der Waals surface area contributed by atoms with Crippen LogP contribution in [-0.4, -0.2) is 21.3 Å². The largest absolute Gasteiger partial charge is 0.345 e. The third-order valence-corrected chi connectivity index (χ3v) is 2.92. The molecule has 1 aromatic carbocycles. The average Bonchev–Trinajstić information content (AvgIpc) is 2.82. The Labute approximate surface area is 86.5 Å². The van der Waals surface area contributed by atoms with Crippen LogP contribution in [0.15, 0.2) is 24.5 Å². The number of benzene rings is 1. The molecule has 0 unspecified atom stereocenters. The first-order chi connectivity index (χ1) is 7.19. The maximum Gasteiger partial charge on any atom is 0.182 e. The number of carbonyl (C=O) groups is 1. The molecule has 1 fully saturated rings. The van der Waals surface area contributed by atoms with Gasteiger partial charge in [-0.05, 0) is 31.0 Å². The van der Waals surface area contributed by atoms with Crippen molar-refractivity contribution < 1.29 is 4.79 Å².